The van der Waals surface area contributed by atoms with Crippen molar-refractivity contribution in [3.8, 4) is 5.75 Å². The van der Waals surface area contributed by atoms with Gasteiger partial charge >= 0.3 is 0 Å². The smallest absolute Gasteiger partial charge is 0.119 e. The molecule has 0 heterocycles. The fraction of sp³-hybridized carbons (Fsp3) is 0.667. The molecule has 1 aliphatic carbocycles. The van der Waals surface area contributed by atoms with Crippen LogP contribution in [0, 0.1) is 5.92 Å². The van der Waals surface area contributed by atoms with E-state index >= 15 is 0 Å². The van der Waals surface area contributed by atoms with E-state index in [0.717, 1.165) is 38.0 Å². The van der Waals surface area contributed by atoms with E-state index in [0.29, 0.717) is 18.0 Å². The molecule has 1 saturated carbocycles. The second kappa shape index (κ2) is 7.81. The molecular weight excluding hydrogens is 262 g/mol. The summed E-state index contributed by atoms with van der Waals surface area (Å²) in [6, 6.07) is 9.09. The average molecular weight is 291 g/mol. The Morgan fingerprint density at radius 3 is 2.52 bits per heavy atom. The lowest BCUT2D eigenvalue weighted by Crippen LogP contribution is -2.37. The lowest BCUT2D eigenvalue weighted by Gasteiger charge is -2.29. The van der Waals surface area contributed by atoms with Gasteiger partial charge in [-0.2, -0.15) is 0 Å². The van der Waals surface area contributed by atoms with Gasteiger partial charge in [-0.05, 0) is 56.2 Å². The second-order valence-corrected chi connectivity index (χ2v) is 6.68. The SMILES string of the molecule is CC(C)COc1ccc(C(C)NC2CCCC(O)C2)cc1. The lowest BCUT2D eigenvalue weighted by molar-refractivity contribution is 0.109. The molecule has 3 nitrogen and oxygen atoms in total. The fourth-order valence-electron chi connectivity index (χ4n) is 2.88. The van der Waals surface area contributed by atoms with Crippen LogP contribution in [0.15, 0.2) is 24.3 Å². The maximum absolute atomic E-state index is 9.75. The van der Waals surface area contributed by atoms with Gasteiger partial charge in [0.1, 0.15) is 5.75 Å². The van der Waals surface area contributed by atoms with Crippen LogP contribution in [-0.2, 0) is 0 Å². The summed E-state index contributed by atoms with van der Waals surface area (Å²) in [6.07, 6.45) is 3.98. The van der Waals surface area contributed by atoms with Gasteiger partial charge in [0.25, 0.3) is 0 Å². The minimum Gasteiger partial charge on any atom is -0.493 e. The summed E-state index contributed by atoms with van der Waals surface area (Å²) in [6.45, 7) is 7.25. The van der Waals surface area contributed by atoms with E-state index in [-0.39, 0.29) is 6.10 Å². The van der Waals surface area contributed by atoms with Crippen molar-refractivity contribution in [1.29, 1.82) is 0 Å². The first kappa shape index (κ1) is 16.3. The molecule has 3 atom stereocenters. The third-order valence-corrected chi connectivity index (χ3v) is 4.10. The van der Waals surface area contributed by atoms with Crippen molar-refractivity contribution in [2.75, 3.05) is 6.61 Å². The van der Waals surface area contributed by atoms with E-state index in [2.05, 4.69) is 38.2 Å². The zero-order valence-electron chi connectivity index (χ0n) is 13.5. The molecule has 1 aromatic carbocycles. The first-order valence-electron chi connectivity index (χ1n) is 8.21. The molecule has 0 spiro atoms. The molecular formula is C18H29NO2. The molecule has 1 aromatic rings. The Bertz CT molecular complexity index is 416. The quantitative estimate of drug-likeness (QED) is 0.840. The summed E-state index contributed by atoms with van der Waals surface area (Å²) in [7, 11) is 0. The minimum absolute atomic E-state index is 0.129. The largest absolute Gasteiger partial charge is 0.493 e. The maximum atomic E-state index is 9.75. The van der Waals surface area contributed by atoms with Gasteiger partial charge in [0.05, 0.1) is 12.7 Å². The Labute approximate surface area is 128 Å². The van der Waals surface area contributed by atoms with Gasteiger partial charge in [0.2, 0.25) is 0 Å². The van der Waals surface area contributed by atoms with Crippen molar-refractivity contribution in [3.05, 3.63) is 29.8 Å². The Balaban J connectivity index is 1.85. The fourth-order valence-corrected chi connectivity index (χ4v) is 2.88. The highest BCUT2D eigenvalue weighted by atomic mass is 16.5. The third-order valence-electron chi connectivity index (χ3n) is 4.10. The van der Waals surface area contributed by atoms with Crippen LogP contribution in [0.5, 0.6) is 5.75 Å². The Kier molecular flexibility index (Phi) is 6.07. The van der Waals surface area contributed by atoms with Gasteiger partial charge in [-0.1, -0.05) is 26.0 Å². The van der Waals surface area contributed by atoms with E-state index in [4.69, 9.17) is 4.74 Å². The van der Waals surface area contributed by atoms with Gasteiger partial charge in [-0.25, -0.2) is 0 Å². The van der Waals surface area contributed by atoms with Crippen LogP contribution in [0.1, 0.15) is 58.1 Å². The third kappa shape index (κ3) is 5.33. The number of rotatable bonds is 6. The number of hydrogen-bond acceptors (Lipinski definition) is 3. The summed E-state index contributed by atoms with van der Waals surface area (Å²) < 4.78 is 5.71. The Morgan fingerprint density at radius 2 is 1.90 bits per heavy atom. The van der Waals surface area contributed by atoms with E-state index in [9.17, 15) is 5.11 Å². The minimum atomic E-state index is -0.129. The maximum Gasteiger partial charge on any atom is 0.119 e. The van der Waals surface area contributed by atoms with Crippen LogP contribution in [0.2, 0.25) is 0 Å². The molecule has 0 radical (unpaired) electrons. The number of ether oxygens (including phenoxy) is 1. The molecule has 2 rings (SSSR count). The first-order valence-corrected chi connectivity index (χ1v) is 8.21. The average Bonchev–Trinajstić information content (AvgIpc) is 2.45. The molecule has 0 saturated heterocycles. The monoisotopic (exact) mass is 291 g/mol. The van der Waals surface area contributed by atoms with Crippen LogP contribution >= 0.6 is 0 Å². The predicted molar refractivity (Wildman–Crippen MR) is 86.6 cm³/mol. The summed E-state index contributed by atoms with van der Waals surface area (Å²) in [5.74, 6) is 1.48. The zero-order chi connectivity index (χ0) is 15.2. The highest BCUT2D eigenvalue weighted by Crippen LogP contribution is 2.23. The van der Waals surface area contributed by atoms with Crippen LogP contribution in [0.25, 0.3) is 0 Å². The van der Waals surface area contributed by atoms with Crippen LogP contribution in [-0.4, -0.2) is 23.9 Å². The van der Waals surface area contributed by atoms with Gasteiger partial charge < -0.3 is 15.2 Å². The Hall–Kier alpha value is -1.06. The summed E-state index contributed by atoms with van der Waals surface area (Å²) in [5.41, 5.74) is 1.27. The summed E-state index contributed by atoms with van der Waals surface area (Å²) in [4.78, 5) is 0. The van der Waals surface area contributed by atoms with Crippen molar-refractivity contribution in [3.63, 3.8) is 0 Å². The lowest BCUT2D eigenvalue weighted by atomic mass is 9.92. The number of aliphatic hydroxyl groups excluding tert-OH is 1. The highest BCUT2D eigenvalue weighted by molar-refractivity contribution is 5.29. The molecule has 1 fully saturated rings. The van der Waals surface area contributed by atoms with Gasteiger partial charge in [0, 0.05) is 12.1 Å². The Morgan fingerprint density at radius 1 is 1.19 bits per heavy atom. The van der Waals surface area contributed by atoms with E-state index in [1.165, 1.54) is 5.56 Å². The van der Waals surface area contributed by atoms with Gasteiger partial charge in [0.15, 0.2) is 0 Å². The van der Waals surface area contributed by atoms with Crippen molar-refractivity contribution < 1.29 is 9.84 Å². The normalized spacial score (nSPS) is 24.0. The molecule has 118 valence electrons. The summed E-state index contributed by atoms with van der Waals surface area (Å²) >= 11 is 0. The van der Waals surface area contributed by atoms with E-state index in [1.54, 1.807) is 0 Å². The van der Waals surface area contributed by atoms with Gasteiger partial charge in [-0.15, -0.1) is 0 Å². The van der Waals surface area contributed by atoms with E-state index in [1.807, 2.05) is 12.1 Å². The molecule has 0 aromatic heterocycles. The standard InChI is InChI=1S/C18H29NO2/c1-13(2)12-21-18-9-7-15(8-10-18)14(3)19-16-5-4-6-17(20)11-16/h7-10,13-14,16-17,19-20H,4-6,11-12H2,1-3H3. The number of nitrogens with one attached hydrogen (secondary N) is 1. The predicted octanol–water partition coefficient (Wildman–Crippen LogP) is 3.68. The number of hydrogen-bond donors (Lipinski definition) is 2. The van der Waals surface area contributed by atoms with Crippen LogP contribution < -0.4 is 10.1 Å². The molecule has 1 aliphatic rings. The van der Waals surface area contributed by atoms with E-state index < -0.39 is 0 Å². The van der Waals surface area contributed by atoms with Crippen LogP contribution in [0.3, 0.4) is 0 Å². The van der Waals surface area contributed by atoms with Crippen LogP contribution in [0.4, 0.5) is 0 Å². The van der Waals surface area contributed by atoms with Gasteiger partial charge in [-0.3, -0.25) is 0 Å². The molecule has 0 aliphatic heterocycles. The van der Waals surface area contributed by atoms with Crippen molar-refractivity contribution >= 4 is 0 Å². The van der Waals surface area contributed by atoms with Crippen molar-refractivity contribution in [2.45, 2.75) is 64.6 Å². The molecule has 0 bridgehead atoms. The molecule has 3 heteroatoms. The molecule has 0 amide bonds. The number of benzene rings is 1. The first-order chi connectivity index (χ1) is 10.0. The van der Waals surface area contributed by atoms with Crippen molar-refractivity contribution in [2.24, 2.45) is 5.92 Å². The number of aliphatic hydroxyl groups is 1. The molecule has 3 unspecified atom stereocenters. The topological polar surface area (TPSA) is 41.5 Å². The molecule has 21 heavy (non-hydrogen) atoms. The highest BCUT2D eigenvalue weighted by Gasteiger charge is 2.21. The van der Waals surface area contributed by atoms with Crippen molar-refractivity contribution in [1.82, 2.24) is 5.32 Å². The molecule has 2 N–H and O–H groups in total. The second-order valence-electron chi connectivity index (χ2n) is 6.68. The summed E-state index contributed by atoms with van der Waals surface area (Å²) in [5, 5.41) is 13.4. The zero-order valence-corrected chi connectivity index (χ0v) is 13.5.